The number of carbonyl (C=O) groups excluding carboxylic acids is 2. The maximum Gasteiger partial charge on any atom is 0.255 e. The average Bonchev–Trinajstić information content (AvgIpc) is 3.25. The first-order chi connectivity index (χ1) is 14.2. The van der Waals surface area contributed by atoms with Gasteiger partial charge in [-0.05, 0) is 30.2 Å². The highest BCUT2D eigenvalue weighted by Gasteiger charge is 2.12. The highest BCUT2D eigenvalue weighted by atomic mass is 16.5. The lowest BCUT2D eigenvalue weighted by atomic mass is 10.1. The van der Waals surface area contributed by atoms with Gasteiger partial charge in [-0.15, -0.1) is 0 Å². The number of imidazole rings is 1. The van der Waals surface area contributed by atoms with E-state index in [4.69, 9.17) is 4.74 Å². The third-order valence-electron chi connectivity index (χ3n) is 4.28. The molecule has 29 heavy (non-hydrogen) atoms. The number of nitrogens with one attached hydrogen (secondary N) is 2. The van der Waals surface area contributed by atoms with E-state index in [0.717, 1.165) is 17.7 Å². The number of nitrogens with zero attached hydrogens (tertiary/aromatic N) is 2. The fourth-order valence-corrected chi connectivity index (χ4v) is 2.81. The zero-order valence-corrected chi connectivity index (χ0v) is 16.3. The number of amides is 2. The Morgan fingerprint density at radius 3 is 2.52 bits per heavy atom. The zero-order valence-electron chi connectivity index (χ0n) is 16.3. The molecule has 0 unspecified atom stereocenters. The number of carbonyl (C=O) groups is 2. The van der Waals surface area contributed by atoms with Crippen LogP contribution in [0.1, 0.15) is 28.4 Å². The third kappa shape index (κ3) is 5.93. The van der Waals surface area contributed by atoms with Crippen LogP contribution < -0.4 is 15.4 Å². The molecule has 3 rings (SSSR count). The second-order valence-corrected chi connectivity index (χ2v) is 6.44. The molecule has 0 bridgehead atoms. The number of hydrogen-bond donors (Lipinski definition) is 2. The van der Waals surface area contributed by atoms with Crippen molar-refractivity contribution in [3.8, 4) is 5.75 Å². The first-order valence-electron chi connectivity index (χ1n) is 9.46. The Balaban J connectivity index is 1.44. The van der Waals surface area contributed by atoms with Crippen LogP contribution in [-0.2, 0) is 17.9 Å². The fourth-order valence-electron chi connectivity index (χ4n) is 2.81. The second kappa shape index (κ2) is 10.1. The number of aromatic nitrogens is 2. The summed E-state index contributed by atoms with van der Waals surface area (Å²) in [4.78, 5) is 28.4. The molecule has 0 fully saturated rings. The molecular formula is C22H24N4O3. The number of para-hydroxylation sites is 1. The van der Waals surface area contributed by atoms with Gasteiger partial charge in [0.2, 0.25) is 5.91 Å². The molecule has 2 N–H and O–H groups in total. The first kappa shape index (κ1) is 20.1. The summed E-state index contributed by atoms with van der Waals surface area (Å²) in [5.41, 5.74) is 2.55. The first-order valence-corrected chi connectivity index (χ1v) is 9.46. The molecule has 3 aromatic rings. The van der Waals surface area contributed by atoms with Gasteiger partial charge in [0, 0.05) is 25.5 Å². The Morgan fingerprint density at radius 2 is 1.79 bits per heavy atom. The van der Waals surface area contributed by atoms with Crippen LogP contribution >= 0.6 is 0 Å². The third-order valence-corrected chi connectivity index (χ3v) is 4.28. The van der Waals surface area contributed by atoms with Crippen LogP contribution in [0.2, 0.25) is 0 Å². The highest BCUT2D eigenvalue weighted by molar-refractivity contribution is 5.98. The molecule has 0 spiro atoms. The summed E-state index contributed by atoms with van der Waals surface area (Å²) in [6.07, 6.45) is 5.43. The molecule has 1 heterocycles. The van der Waals surface area contributed by atoms with E-state index < -0.39 is 0 Å². The van der Waals surface area contributed by atoms with E-state index in [-0.39, 0.29) is 18.4 Å². The van der Waals surface area contributed by atoms with Crippen molar-refractivity contribution in [2.45, 2.75) is 20.0 Å². The van der Waals surface area contributed by atoms with Gasteiger partial charge in [0.1, 0.15) is 5.75 Å². The van der Waals surface area contributed by atoms with Gasteiger partial charge in [0.15, 0.2) is 0 Å². The van der Waals surface area contributed by atoms with Gasteiger partial charge in [0.25, 0.3) is 5.91 Å². The molecule has 0 saturated heterocycles. The maximum absolute atomic E-state index is 12.3. The minimum atomic E-state index is -0.340. The van der Waals surface area contributed by atoms with E-state index in [1.54, 1.807) is 36.8 Å². The normalized spacial score (nSPS) is 10.4. The molecule has 0 aliphatic rings. The maximum atomic E-state index is 12.3. The van der Waals surface area contributed by atoms with Crippen molar-refractivity contribution in [1.29, 1.82) is 0 Å². The molecule has 0 saturated carbocycles. The van der Waals surface area contributed by atoms with Gasteiger partial charge in [0.05, 0.1) is 25.0 Å². The lowest BCUT2D eigenvalue weighted by Crippen LogP contribution is -2.36. The molecule has 2 aromatic carbocycles. The summed E-state index contributed by atoms with van der Waals surface area (Å²) in [6, 6.07) is 15.0. The van der Waals surface area contributed by atoms with Crippen molar-refractivity contribution in [2.24, 2.45) is 0 Å². The molecule has 150 valence electrons. The van der Waals surface area contributed by atoms with E-state index in [0.29, 0.717) is 24.5 Å². The predicted molar refractivity (Wildman–Crippen MR) is 110 cm³/mol. The largest absolute Gasteiger partial charge is 0.493 e. The Morgan fingerprint density at radius 1 is 1.03 bits per heavy atom. The minimum absolute atomic E-state index is 0.0992. The van der Waals surface area contributed by atoms with Gasteiger partial charge in [-0.3, -0.25) is 9.59 Å². The molecule has 7 nitrogen and oxygen atoms in total. The zero-order chi connectivity index (χ0) is 20.5. The molecule has 1 aromatic heterocycles. The average molecular weight is 392 g/mol. The Bertz CT molecular complexity index is 937. The number of rotatable bonds is 9. The van der Waals surface area contributed by atoms with Crippen LogP contribution in [0.4, 0.5) is 0 Å². The molecular weight excluding hydrogens is 368 g/mol. The summed E-state index contributed by atoms with van der Waals surface area (Å²) in [5, 5.41) is 5.44. The van der Waals surface area contributed by atoms with Crippen molar-refractivity contribution in [3.63, 3.8) is 0 Å². The summed E-state index contributed by atoms with van der Waals surface area (Å²) in [5.74, 6) is -0.0912. The van der Waals surface area contributed by atoms with Crippen molar-refractivity contribution >= 4 is 11.8 Å². The van der Waals surface area contributed by atoms with Crippen LogP contribution in [0.15, 0.2) is 67.3 Å². The standard InChI is InChI=1S/C22H24N4O3/c1-2-29-20-6-4-3-5-19(20)22(28)25-14-21(27)24-13-17-7-9-18(10-8-17)15-26-12-11-23-16-26/h3-12,16H,2,13-15H2,1H3,(H,24,27)(H,25,28). The van der Waals surface area contributed by atoms with Gasteiger partial charge in [-0.1, -0.05) is 36.4 Å². The molecule has 0 aliphatic heterocycles. The van der Waals surface area contributed by atoms with Crippen LogP contribution in [-0.4, -0.2) is 34.5 Å². The number of ether oxygens (including phenoxy) is 1. The predicted octanol–water partition coefficient (Wildman–Crippen LogP) is 2.38. The molecule has 0 atom stereocenters. The second-order valence-electron chi connectivity index (χ2n) is 6.44. The van der Waals surface area contributed by atoms with Crippen molar-refractivity contribution in [3.05, 3.63) is 83.9 Å². The molecule has 2 amide bonds. The van der Waals surface area contributed by atoms with Crippen LogP contribution in [0.5, 0.6) is 5.75 Å². The van der Waals surface area contributed by atoms with E-state index in [1.807, 2.05) is 42.0 Å². The number of hydrogen-bond acceptors (Lipinski definition) is 4. The smallest absolute Gasteiger partial charge is 0.255 e. The molecule has 7 heteroatoms. The summed E-state index contributed by atoms with van der Waals surface area (Å²) < 4.78 is 7.44. The van der Waals surface area contributed by atoms with Crippen LogP contribution in [0.3, 0.4) is 0 Å². The lowest BCUT2D eigenvalue weighted by Gasteiger charge is -2.11. The van der Waals surface area contributed by atoms with Gasteiger partial charge in [-0.2, -0.15) is 0 Å². The van der Waals surface area contributed by atoms with Crippen LogP contribution in [0.25, 0.3) is 0 Å². The van der Waals surface area contributed by atoms with Gasteiger partial charge >= 0.3 is 0 Å². The van der Waals surface area contributed by atoms with Crippen molar-refractivity contribution in [2.75, 3.05) is 13.2 Å². The fraction of sp³-hybridized carbons (Fsp3) is 0.227. The van der Waals surface area contributed by atoms with E-state index in [1.165, 1.54) is 0 Å². The summed E-state index contributed by atoms with van der Waals surface area (Å²) in [7, 11) is 0. The van der Waals surface area contributed by atoms with E-state index in [9.17, 15) is 9.59 Å². The van der Waals surface area contributed by atoms with Gasteiger partial charge in [-0.25, -0.2) is 4.98 Å². The highest BCUT2D eigenvalue weighted by Crippen LogP contribution is 2.17. The van der Waals surface area contributed by atoms with E-state index in [2.05, 4.69) is 15.6 Å². The van der Waals surface area contributed by atoms with Crippen molar-refractivity contribution in [1.82, 2.24) is 20.2 Å². The van der Waals surface area contributed by atoms with Gasteiger partial charge < -0.3 is 19.9 Å². The SMILES string of the molecule is CCOc1ccccc1C(=O)NCC(=O)NCc1ccc(Cn2ccnc2)cc1. The van der Waals surface area contributed by atoms with Crippen molar-refractivity contribution < 1.29 is 14.3 Å². The Kier molecular flexibility index (Phi) is 7.00. The molecule has 0 aliphatic carbocycles. The lowest BCUT2D eigenvalue weighted by molar-refractivity contribution is -0.120. The molecule has 0 radical (unpaired) electrons. The Hall–Kier alpha value is -3.61. The monoisotopic (exact) mass is 392 g/mol. The topological polar surface area (TPSA) is 85.2 Å². The minimum Gasteiger partial charge on any atom is -0.493 e. The van der Waals surface area contributed by atoms with Crippen LogP contribution in [0, 0.1) is 0 Å². The summed E-state index contributed by atoms with van der Waals surface area (Å²) in [6.45, 7) is 3.37. The summed E-state index contributed by atoms with van der Waals surface area (Å²) >= 11 is 0. The quantitative estimate of drug-likeness (QED) is 0.586. The Labute approximate surface area is 169 Å². The number of benzene rings is 2. The van der Waals surface area contributed by atoms with E-state index >= 15 is 0 Å².